The standard InChI is InChI=1S/C27H24N4O/c28-21-12-13-22-20(17-21)11-14-23-26(22)29-24(15-18-7-3-1-4-8-18)27(30-23)31-25(32)16-19-9-5-2-6-10-19/h1-10,12-13,17H,11,14-16,28H2,(H,30,31,32). The van der Waals surface area contributed by atoms with E-state index in [1.807, 2.05) is 66.7 Å². The van der Waals surface area contributed by atoms with E-state index in [0.717, 1.165) is 52.3 Å². The van der Waals surface area contributed by atoms with Crippen LogP contribution in [0.1, 0.15) is 28.1 Å². The molecule has 0 unspecified atom stereocenters. The summed E-state index contributed by atoms with van der Waals surface area (Å²) >= 11 is 0. The molecule has 0 fully saturated rings. The predicted octanol–water partition coefficient (Wildman–Crippen LogP) is 4.60. The van der Waals surface area contributed by atoms with Crippen LogP contribution in [-0.2, 0) is 30.5 Å². The van der Waals surface area contributed by atoms with Crippen molar-refractivity contribution in [2.75, 3.05) is 11.1 Å². The van der Waals surface area contributed by atoms with Gasteiger partial charge in [-0.3, -0.25) is 4.79 Å². The molecule has 0 aliphatic heterocycles. The summed E-state index contributed by atoms with van der Waals surface area (Å²) in [5.41, 5.74) is 13.7. The van der Waals surface area contributed by atoms with Gasteiger partial charge in [0, 0.05) is 17.7 Å². The van der Waals surface area contributed by atoms with Crippen LogP contribution in [0.25, 0.3) is 11.3 Å². The molecule has 158 valence electrons. The molecule has 1 amide bonds. The predicted molar refractivity (Wildman–Crippen MR) is 127 cm³/mol. The fourth-order valence-electron chi connectivity index (χ4n) is 4.17. The number of rotatable bonds is 5. The molecule has 1 aliphatic carbocycles. The van der Waals surface area contributed by atoms with E-state index in [-0.39, 0.29) is 5.91 Å². The lowest BCUT2D eigenvalue weighted by Crippen LogP contribution is -2.20. The van der Waals surface area contributed by atoms with E-state index in [2.05, 4.69) is 17.4 Å². The Hall–Kier alpha value is -3.99. The van der Waals surface area contributed by atoms with Gasteiger partial charge in [0.05, 0.1) is 23.5 Å². The number of hydrogen-bond donors (Lipinski definition) is 2. The minimum Gasteiger partial charge on any atom is -0.399 e. The Balaban J connectivity index is 1.52. The summed E-state index contributed by atoms with van der Waals surface area (Å²) in [6, 6.07) is 25.8. The van der Waals surface area contributed by atoms with Crippen molar-refractivity contribution in [1.82, 2.24) is 9.97 Å². The van der Waals surface area contributed by atoms with Crippen LogP contribution in [0.2, 0.25) is 0 Å². The zero-order valence-corrected chi connectivity index (χ0v) is 17.7. The lowest BCUT2D eigenvalue weighted by molar-refractivity contribution is -0.115. The molecular formula is C27H24N4O. The van der Waals surface area contributed by atoms with Gasteiger partial charge >= 0.3 is 0 Å². The second-order valence-electron chi connectivity index (χ2n) is 8.10. The first-order chi connectivity index (χ1) is 15.7. The summed E-state index contributed by atoms with van der Waals surface area (Å²) in [4.78, 5) is 22.7. The molecule has 0 radical (unpaired) electrons. The van der Waals surface area contributed by atoms with Gasteiger partial charge < -0.3 is 11.1 Å². The van der Waals surface area contributed by atoms with Gasteiger partial charge in [0.1, 0.15) is 0 Å². The molecule has 3 N–H and O–H groups in total. The highest BCUT2D eigenvalue weighted by Gasteiger charge is 2.22. The van der Waals surface area contributed by atoms with Crippen LogP contribution in [0.4, 0.5) is 11.5 Å². The number of fused-ring (bicyclic) bond motifs is 3. The Morgan fingerprint density at radius 1 is 0.875 bits per heavy atom. The van der Waals surface area contributed by atoms with Gasteiger partial charge in [-0.1, -0.05) is 66.7 Å². The molecule has 5 rings (SSSR count). The quantitative estimate of drug-likeness (QED) is 0.463. The maximum absolute atomic E-state index is 12.8. The van der Waals surface area contributed by atoms with E-state index < -0.39 is 0 Å². The number of hydrogen-bond acceptors (Lipinski definition) is 4. The second kappa shape index (κ2) is 8.63. The number of nitrogens with one attached hydrogen (secondary N) is 1. The number of nitrogen functional groups attached to an aromatic ring is 1. The summed E-state index contributed by atoms with van der Waals surface area (Å²) in [6.07, 6.45) is 2.52. The molecule has 1 aliphatic rings. The largest absolute Gasteiger partial charge is 0.399 e. The van der Waals surface area contributed by atoms with Gasteiger partial charge in [0.15, 0.2) is 5.82 Å². The van der Waals surface area contributed by atoms with E-state index in [1.165, 1.54) is 5.56 Å². The van der Waals surface area contributed by atoms with E-state index in [1.54, 1.807) is 0 Å². The molecule has 0 saturated carbocycles. The monoisotopic (exact) mass is 420 g/mol. The van der Waals surface area contributed by atoms with E-state index >= 15 is 0 Å². The van der Waals surface area contributed by atoms with Gasteiger partial charge in [0.2, 0.25) is 5.91 Å². The molecule has 0 saturated heterocycles. The normalized spacial score (nSPS) is 12.0. The molecular weight excluding hydrogens is 396 g/mol. The lowest BCUT2D eigenvalue weighted by Gasteiger charge is -2.21. The smallest absolute Gasteiger partial charge is 0.229 e. The third-order valence-electron chi connectivity index (χ3n) is 5.74. The molecule has 0 bridgehead atoms. The summed E-state index contributed by atoms with van der Waals surface area (Å²) in [6.45, 7) is 0. The summed E-state index contributed by atoms with van der Waals surface area (Å²) in [5.74, 6) is 0.455. The highest BCUT2D eigenvalue weighted by atomic mass is 16.1. The Kier molecular flexibility index (Phi) is 5.38. The molecule has 32 heavy (non-hydrogen) atoms. The number of amides is 1. The van der Waals surface area contributed by atoms with Crippen molar-refractivity contribution in [2.45, 2.75) is 25.7 Å². The molecule has 1 heterocycles. The number of nitrogens with two attached hydrogens (primary N) is 1. The molecule has 3 aromatic carbocycles. The average Bonchev–Trinajstić information content (AvgIpc) is 2.80. The number of carbonyl (C=O) groups excluding carboxylic acids is 1. The van der Waals surface area contributed by atoms with Crippen molar-refractivity contribution in [3.63, 3.8) is 0 Å². The number of anilines is 2. The van der Waals surface area contributed by atoms with E-state index in [9.17, 15) is 4.79 Å². The Morgan fingerprint density at radius 3 is 2.34 bits per heavy atom. The van der Waals surface area contributed by atoms with Crippen molar-refractivity contribution >= 4 is 17.4 Å². The zero-order valence-electron chi connectivity index (χ0n) is 17.7. The second-order valence-corrected chi connectivity index (χ2v) is 8.10. The van der Waals surface area contributed by atoms with Crippen molar-refractivity contribution in [2.24, 2.45) is 0 Å². The van der Waals surface area contributed by atoms with Crippen molar-refractivity contribution in [1.29, 1.82) is 0 Å². The van der Waals surface area contributed by atoms with E-state index in [4.69, 9.17) is 15.7 Å². The fourth-order valence-corrected chi connectivity index (χ4v) is 4.17. The summed E-state index contributed by atoms with van der Waals surface area (Å²) in [5, 5.41) is 3.03. The Bertz CT molecular complexity index is 1270. The summed E-state index contributed by atoms with van der Waals surface area (Å²) in [7, 11) is 0. The number of benzene rings is 3. The van der Waals surface area contributed by atoms with E-state index in [0.29, 0.717) is 18.7 Å². The van der Waals surface area contributed by atoms with Crippen molar-refractivity contribution in [3.8, 4) is 11.3 Å². The van der Waals surface area contributed by atoms with Gasteiger partial charge in [-0.25, -0.2) is 9.97 Å². The lowest BCUT2D eigenvalue weighted by atomic mass is 9.91. The third-order valence-corrected chi connectivity index (χ3v) is 5.74. The molecule has 5 nitrogen and oxygen atoms in total. The van der Waals surface area contributed by atoms with Crippen molar-refractivity contribution < 1.29 is 4.79 Å². The van der Waals surface area contributed by atoms with Crippen LogP contribution >= 0.6 is 0 Å². The van der Waals surface area contributed by atoms with Crippen LogP contribution in [0.15, 0.2) is 78.9 Å². The third kappa shape index (κ3) is 4.23. The van der Waals surface area contributed by atoms with Crippen LogP contribution in [-0.4, -0.2) is 15.9 Å². The first-order valence-corrected chi connectivity index (χ1v) is 10.8. The van der Waals surface area contributed by atoms with Gasteiger partial charge in [0.25, 0.3) is 0 Å². The molecule has 0 spiro atoms. The molecule has 5 heteroatoms. The SMILES string of the molecule is Nc1ccc2c(c1)CCc1nc(NC(=O)Cc3ccccc3)c(Cc3ccccc3)nc1-2. The van der Waals surface area contributed by atoms with Gasteiger partial charge in [-0.15, -0.1) is 0 Å². The number of nitrogens with zero attached hydrogens (tertiary/aromatic N) is 2. The maximum Gasteiger partial charge on any atom is 0.229 e. The number of aromatic nitrogens is 2. The van der Waals surface area contributed by atoms with Crippen LogP contribution in [0.5, 0.6) is 0 Å². The first-order valence-electron chi connectivity index (χ1n) is 10.8. The van der Waals surface area contributed by atoms with Crippen LogP contribution in [0.3, 0.4) is 0 Å². The fraction of sp³-hybridized carbons (Fsp3) is 0.148. The van der Waals surface area contributed by atoms with Crippen LogP contribution < -0.4 is 11.1 Å². The zero-order chi connectivity index (χ0) is 21.9. The number of carbonyl (C=O) groups is 1. The highest BCUT2D eigenvalue weighted by Crippen LogP contribution is 2.34. The molecule has 0 atom stereocenters. The Labute approximate surface area is 187 Å². The highest BCUT2D eigenvalue weighted by molar-refractivity contribution is 5.92. The minimum absolute atomic E-state index is 0.0938. The summed E-state index contributed by atoms with van der Waals surface area (Å²) < 4.78 is 0. The minimum atomic E-state index is -0.0938. The molecule has 4 aromatic rings. The van der Waals surface area contributed by atoms with Crippen LogP contribution in [0, 0.1) is 0 Å². The van der Waals surface area contributed by atoms with Gasteiger partial charge in [-0.2, -0.15) is 0 Å². The Morgan fingerprint density at radius 2 is 1.59 bits per heavy atom. The van der Waals surface area contributed by atoms with Gasteiger partial charge in [-0.05, 0) is 41.7 Å². The topological polar surface area (TPSA) is 80.9 Å². The molecule has 1 aromatic heterocycles. The number of aryl methyl sites for hydroxylation is 2. The maximum atomic E-state index is 12.8. The average molecular weight is 421 g/mol. The first kappa shape index (κ1) is 19.9. The van der Waals surface area contributed by atoms with Crippen molar-refractivity contribution in [3.05, 3.63) is 107 Å².